The molecule has 2 nitrogen and oxygen atoms in total. The van der Waals surface area contributed by atoms with Crippen molar-refractivity contribution in [2.45, 2.75) is 77.2 Å². The second-order valence-electron chi connectivity index (χ2n) is 6.78. The highest BCUT2D eigenvalue weighted by Gasteiger charge is 2.53. The summed E-state index contributed by atoms with van der Waals surface area (Å²) in [4.78, 5) is 0. The molecule has 2 aliphatic rings. The van der Waals surface area contributed by atoms with Gasteiger partial charge in [-0.25, -0.2) is 0 Å². The highest BCUT2D eigenvalue weighted by Crippen LogP contribution is 2.52. The van der Waals surface area contributed by atoms with Gasteiger partial charge in [0.1, 0.15) is 0 Å². The molecule has 1 N–H and O–H groups in total. The number of aliphatic hydroxyl groups is 1. The van der Waals surface area contributed by atoms with E-state index in [0.29, 0.717) is 5.92 Å². The molecule has 2 aliphatic carbocycles. The van der Waals surface area contributed by atoms with Crippen LogP contribution in [0.2, 0.25) is 0 Å². The molecule has 0 heterocycles. The fourth-order valence-corrected chi connectivity index (χ4v) is 4.22. The van der Waals surface area contributed by atoms with Crippen LogP contribution < -0.4 is 0 Å². The minimum Gasteiger partial charge on any atom is -0.388 e. The Morgan fingerprint density at radius 2 is 1.89 bits per heavy atom. The molecule has 0 spiro atoms. The lowest BCUT2D eigenvalue weighted by atomic mass is 9.57. The van der Waals surface area contributed by atoms with Gasteiger partial charge in [-0.2, -0.15) is 5.26 Å². The molecule has 0 saturated heterocycles. The maximum absolute atomic E-state index is 11.1. The van der Waals surface area contributed by atoms with E-state index in [4.69, 9.17) is 0 Å². The Labute approximate surface area is 111 Å². The lowest BCUT2D eigenvalue weighted by Crippen LogP contribution is -2.51. The quantitative estimate of drug-likeness (QED) is 0.802. The van der Waals surface area contributed by atoms with E-state index in [1.54, 1.807) is 0 Å². The van der Waals surface area contributed by atoms with Crippen LogP contribution in [0.3, 0.4) is 0 Å². The molecular weight excluding hydrogens is 222 g/mol. The third kappa shape index (κ3) is 2.30. The van der Waals surface area contributed by atoms with E-state index >= 15 is 0 Å². The molecular formula is C16H27NO. The summed E-state index contributed by atoms with van der Waals surface area (Å²) < 4.78 is 0. The largest absolute Gasteiger partial charge is 0.388 e. The first kappa shape index (κ1) is 13.9. The Morgan fingerprint density at radius 3 is 2.39 bits per heavy atom. The summed E-state index contributed by atoms with van der Waals surface area (Å²) in [6.45, 7) is 4.46. The van der Waals surface area contributed by atoms with Gasteiger partial charge in [0, 0.05) is 0 Å². The van der Waals surface area contributed by atoms with Gasteiger partial charge in [-0.05, 0) is 50.4 Å². The first-order valence-electron chi connectivity index (χ1n) is 7.69. The van der Waals surface area contributed by atoms with E-state index in [2.05, 4.69) is 19.9 Å². The van der Waals surface area contributed by atoms with Crippen molar-refractivity contribution in [3.63, 3.8) is 0 Å². The van der Waals surface area contributed by atoms with Gasteiger partial charge in [-0.15, -0.1) is 0 Å². The van der Waals surface area contributed by atoms with Gasteiger partial charge in [0.2, 0.25) is 0 Å². The topological polar surface area (TPSA) is 44.0 Å². The van der Waals surface area contributed by atoms with E-state index in [1.165, 1.54) is 12.8 Å². The van der Waals surface area contributed by atoms with Crippen molar-refractivity contribution >= 4 is 0 Å². The highest BCUT2D eigenvalue weighted by molar-refractivity contribution is 5.14. The van der Waals surface area contributed by atoms with Gasteiger partial charge in [-0.1, -0.05) is 33.1 Å². The number of nitrogens with zero attached hydrogens (tertiary/aromatic N) is 1. The van der Waals surface area contributed by atoms with Crippen LogP contribution in [-0.4, -0.2) is 10.7 Å². The molecule has 0 radical (unpaired) electrons. The molecule has 0 aromatic heterocycles. The van der Waals surface area contributed by atoms with Gasteiger partial charge in [0.25, 0.3) is 0 Å². The van der Waals surface area contributed by atoms with E-state index in [9.17, 15) is 10.4 Å². The lowest BCUT2D eigenvalue weighted by molar-refractivity contribution is -0.111. The summed E-state index contributed by atoms with van der Waals surface area (Å²) in [5.74, 6) is 1.35. The molecule has 0 amide bonds. The predicted octanol–water partition coefficient (Wildman–Crippen LogP) is 4.04. The highest BCUT2D eigenvalue weighted by atomic mass is 16.3. The van der Waals surface area contributed by atoms with Crippen LogP contribution in [0.4, 0.5) is 0 Å². The summed E-state index contributed by atoms with van der Waals surface area (Å²) in [7, 11) is 0. The van der Waals surface area contributed by atoms with E-state index in [0.717, 1.165) is 50.9 Å². The minimum absolute atomic E-state index is 0.455. The monoisotopic (exact) mass is 249 g/mol. The van der Waals surface area contributed by atoms with E-state index in [1.807, 2.05) is 0 Å². The van der Waals surface area contributed by atoms with Gasteiger partial charge >= 0.3 is 0 Å². The Morgan fingerprint density at radius 1 is 1.22 bits per heavy atom. The van der Waals surface area contributed by atoms with Crippen molar-refractivity contribution < 1.29 is 5.11 Å². The number of rotatable bonds is 2. The standard InChI is InChI=1S/C16H27NO/c1-3-14-6-9-16(18,10-7-14)15(12-17)8-4-5-13(2)11-15/h13-14,18H,3-11H2,1-2H3. The zero-order valence-electron chi connectivity index (χ0n) is 11.9. The predicted molar refractivity (Wildman–Crippen MR) is 72.9 cm³/mol. The summed E-state index contributed by atoms with van der Waals surface area (Å²) in [6.07, 6.45) is 9.22. The molecule has 18 heavy (non-hydrogen) atoms. The van der Waals surface area contributed by atoms with Crippen LogP contribution in [-0.2, 0) is 0 Å². The van der Waals surface area contributed by atoms with Crippen LogP contribution in [0, 0.1) is 28.6 Å². The lowest BCUT2D eigenvalue weighted by Gasteiger charge is -2.49. The average molecular weight is 249 g/mol. The average Bonchev–Trinajstić information content (AvgIpc) is 2.39. The third-order valence-electron chi connectivity index (χ3n) is 5.61. The summed E-state index contributed by atoms with van der Waals surface area (Å²) in [5, 5.41) is 20.7. The number of hydrogen-bond acceptors (Lipinski definition) is 2. The molecule has 2 unspecified atom stereocenters. The number of nitriles is 1. The molecule has 2 rings (SSSR count). The summed E-state index contributed by atoms with van der Waals surface area (Å²) in [6, 6.07) is 2.54. The van der Waals surface area contributed by atoms with Crippen molar-refractivity contribution in [1.82, 2.24) is 0 Å². The van der Waals surface area contributed by atoms with Gasteiger partial charge in [0.05, 0.1) is 17.1 Å². The second kappa shape index (κ2) is 5.21. The number of hydrogen-bond donors (Lipinski definition) is 1. The molecule has 0 aromatic rings. The van der Waals surface area contributed by atoms with Crippen molar-refractivity contribution in [3.05, 3.63) is 0 Å². The fraction of sp³-hybridized carbons (Fsp3) is 0.938. The molecule has 0 aromatic carbocycles. The fourth-order valence-electron chi connectivity index (χ4n) is 4.22. The Hall–Kier alpha value is -0.550. The van der Waals surface area contributed by atoms with Crippen molar-refractivity contribution in [2.24, 2.45) is 17.3 Å². The van der Waals surface area contributed by atoms with E-state index < -0.39 is 11.0 Å². The van der Waals surface area contributed by atoms with Crippen LogP contribution in [0.15, 0.2) is 0 Å². The molecule has 0 bridgehead atoms. The molecule has 102 valence electrons. The van der Waals surface area contributed by atoms with Crippen LogP contribution in [0.5, 0.6) is 0 Å². The third-order valence-corrected chi connectivity index (χ3v) is 5.61. The maximum atomic E-state index is 11.1. The zero-order valence-corrected chi connectivity index (χ0v) is 11.9. The maximum Gasteiger partial charge on any atom is 0.0862 e. The van der Waals surface area contributed by atoms with Crippen molar-refractivity contribution in [1.29, 1.82) is 5.26 Å². The second-order valence-corrected chi connectivity index (χ2v) is 6.78. The smallest absolute Gasteiger partial charge is 0.0862 e. The molecule has 2 atom stereocenters. The Bertz CT molecular complexity index is 324. The van der Waals surface area contributed by atoms with Crippen LogP contribution >= 0.6 is 0 Å². The molecule has 0 aliphatic heterocycles. The van der Waals surface area contributed by atoms with Crippen LogP contribution in [0.1, 0.15) is 71.6 Å². The molecule has 2 heteroatoms. The van der Waals surface area contributed by atoms with Gasteiger partial charge in [-0.3, -0.25) is 0 Å². The molecule has 2 fully saturated rings. The molecule has 2 saturated carbocycles. The minimum atomic E-state index is -0.706. The van der Waals surface area contributed by atoms with E-state index in [-0.39, 0.29) is 0 Å². The van der Waals surface area contributed by atoms with Gasteiger partial charge in [0.15, 0.2) is 0 Å². The Kier molecular flexibility index (Phi) is 4.02. The van der Waals surface area contributed by atoms with Crippen molar-refractivity contribution in [2.75, 3.05) is 0 Å². The van der Waals surface area contributed by atoms with Crippen molar-refractivity contribution in [3.8, 4) is 6.07 Å². The zero-order chi connectivity index (χ0) is 13.2. The van der Waals surface area contributed by atoms with Gasteiger partial charge < -0.3 is 5.11 Å². The summed E-state index contributed by atoms with van der Waals surface area (Å²) in [5.41, 5.74) is -1.16. The Balaban J connectivity index is 2.14. The normalized spacial score (nSPS) is 45.4. The first-order chi connectivity index (χ1) is 8.55. The summed E-state index contributed by atoms with van der Waals surface area (Å²) >= 11 is 0. The van der Waals surface area contributed by atoms with Crippen LogP contribution in [0.25, 0.3) is 0 Å². The first-order valence-corrected chi connectivity index (χ1v) is 7.69. The SMILES string of the molecule is CCC1CCC(O)(C2(C#N)CCCC(C)C2)CC1.